The zero-order valence-electron chi connectivity index (χ0n) is 8.06. The van der Waals surface area contributed by atoms with Crippen LogP contribution in [0.5, 0.6) is 0 Å². The van der Waals surface area contributed by atoms with Gasteiger partial charge in [0.05, 0.1) is 0 Å². The molecule has 0 spiro atoms. The molecule has 76 valence electrons. The van der Waals surface area contributed by atoms with Gasteiger partial charge in [0, 0.05) is 12.4 Å². The van der Waals surface area contributed by atoms with E-state index in [1.807, 2.05) is 6.20 Å². The van der Waals surface area contributed by atoms with Crippen LogP contribution >= 0.6 is 12.2 Å². The number of hydrogen-bond donors (Lipinski definition) is 0. The van der Waals surface area contributed by atoms with E-state index in [-0.39, 0.29) is 0 Å². The van der Waals surface area contributed by atoms with Gasteiger partial charge in [0.25, 0.3) is 5.17 Å². The van der Waals surface area contributed by atoms with Gasteiger partial charge in [0.15, 0.2) is 0 Å². The van der Waals surface area contributed by atoms with Crippen molar-refractivity contribution in [3.8, 4) is 0 Å². The van der Waals surface area contributed by atoms with Gasteiger partial charge in [-0.3, -0.25) is 4.57 Å². The zero-order chi connectivity index (χ0) is 9.80. The van der Waals surface area contributed by atoms with Crippen molar-refractivity contribution in [1.29, 1.82) is 0 Å². The summed E-state index contributed by atoms with van der Waals surface area (Å²) in [5, 5.41) is 0.523. The number of aromatic nitrogens is 2. The lowest BCUT2D eigenvalue weighted by Gasteiger charge is -2.22. The maximum Gasteiger partial charge on any atom is 0.269 e. The molecule has 1 aliphatic carbocycles. The van der Waals surface area contributed by atoms with Gasteiger partial charge < -0.3 is 4.74 Å². The summed E-state index contributed by atoms with van der Waals surface area (Å²) in [7, 11) is 0. The third-order valence-corrected chi connectivity index (χ3v) is 2.84. The van der Waals surface area contributed by atoms with Crippen LogP contribution in [-0.2, 0) is 4.74 Å². The Morgan fingerprint density at radius 1 is 1.36 bits per heavy atom. The average Bonchev–Trinajstić information content (AvgIpc) is 2.72. The fraction of sp³-hybridized carbons (Fsp3) is 0.600. The predicted molar refractivity (Wildman–Crippen MR) is 58.2 cm³/mol. The molecule has 0 aromatic carbocycles. The molecule has 1 aromatic heterocycles. The van der Waals surface area contributed by atoms with Crippen molar-refractivity contribution >= 4 is 17.4 Å². The lowest BCUT2D eigenvalue weighted by molar-refractivity contribution is 0.141. The van der Waals surface area contributed by atoms with Crippen molar-refractivity contribution in [1.82, 2.24) is 9.55 Å². The highest BCUT2D eigenvalue weighted by Crippen LogP contribution is 2.20. The molecule has 0 atom stereocenters. The quantitative estimate of drug-likeness (QED) is 0.666. The first-order valence-corrected chi connectivity index (χ1v) is 5.46. The van der Waals surface area contributed by atoms with Crippen LogP contribution in [0.1, 0.15) is 32.1 Å². The Labute approximate surface area is 89.1 Å². The summed E-state index contributed by atoms with van der Waals surface area (Å²) in [6.45, 7) is 0. The third-order valence-electron chi connectivity index (χ3n) is 2.53. The fourth-order valence-electron chi connectivity index (χ4n) is 1.75. The Hall–Kier alpha value is -0.900. The van der Waals surface area contributed by atoms with Gasteiger partial charge >= 0.3 is 0 Å². The van der Waals surface area contributed by atoms with Gasteiger partial charge in [-0.05, 0) is 37.9 Å². The Bertz CT molecular complexity index is 291. The van der Waals surface area contributed by atoms with Crippen LogP contribution in [0.4, 0.5) is 0 Å². The minimum atomic E-state index is 0.318. The zero-order valence-corrected chi connectivity index (χ0v) is 8.87. The Balaban J connectivity index is 1.87. The van der Waals surface area contributed by atoms with E-state index in [2.05, 4.69) is 4.98 Å². The SMILES string of the molecule is S=C(OC1CCCCC1)n1ccnc1. The molecule has 1 aromatic rings. The largest absolute Gasteiger partial charge is 0.467 e. The summed E-state index contributed by atoms with van der Waals surface area (Å²) in [4.78, 5) is 3.93. The van der Waals surface area contributed by atoms with Crippen molar-refractivity contribution in [2.75, 3.05) is 0 Å². The molecule has 1 fully saturated rings. The van der Waals surface area contributed by atoms with Crippen molar-refractivity contribution in [2.45, 2.75) is 38.2 Å². The van der Waals surface area contributed by atoms with Gasteiger partial charge in [0.2, 0.25) is 0 Å². The van der Waals surface area contributed by atoms with E-state index in [1.165, 1.54) is 19.3 Å². The van der Waals surface area contributed by atoms with E-state index in [0.717, 1.165) is 12.8 Å². The smallest absolute Gasteiger partial charge is 0.269 e. The average molecular weight is 210 g/mol. The van der Waals surface area contributed by atoms with Crippen molar-refractivity contribution in [3.05, 3.63) is 18.7 Å². The molecule has 2 rings (SSSR count). The summed E-state index contributed by atoms with van der Waals surface area (Å²) >= 11 is 5.16. The summed E-state index contributed by atoms with van der Waals surface area (Å²) in [5.41, 5.74) is 0. The van der Waals surface area contributed by atoms with E-state index in [1.54, 1.807) is 17.1 Å². The van der Waals surface area contributed by atoms with E-state index in [0.29, 0.717) is 11.3 Å². The van der Waals surface area contributed by atoms with Gasteiger partial charge in [-0.2, -0.15) is 0 Å². The first kappa shape index (κ1) is 9.65. The van der Waals surface area contributed by atoms with Crippen LogP contribution in [0, 0.1) is 0 Å². The van der Waals surface area contributed by atoms with Crippen molar-refractivity contribution in [3.63, 3.8) is 0 Å². The summed E-state index contributed by atoms with van der Waals surface area (Å²) < 4.78 is 7.43. The highest BCUT2D eigenvalue weighted by Gasteiger charge is 2.16. The molecule has 0 N–H and O–H groups in total. The van der Waals surface area contributed by atoms with Crippen LogP contribution in [0.2, 0.25) is 0 Å². The maximum absolute atomic E-state index is 5.69. The highest BCUT2D eigenvalue weighted by atomic mass is 32.1. The molecule has 0 unspecified atom stereocenters. The second-order valence-electron chi connectivity index (χ2n) is 3.61. The topological polar surface area (TPSA) is 27.1 Å². The first-order valence-electron chi connectivity index (χ1n) is 5.05. The van der Waals surface area contributed by atoms with Crippen LogP contribution in [-0.4, -0.2) is 20.8 Å². The molecule has 1 aliphatic rings. The Morgan fingerprint density at radius 3 is 2.79 bits per heavy atom. The second kappa shape index (κ2) is 4.55. The van der Waals surface area contributed by atoms with Crippen LogP contribution in [0.3, 0.4) is 0 Å². The summed E-state index contributed by atoms with van der Waals surface area (Å²) in [5.74, 6) is 0. The fourth-order valence-corrected chi connectivity index (χ4v) is 2.00. The molecule has 4 heteroatoms. The van der Waals surface area contributed by atoms with Crippen molar-refractivity contribution < 1.29 is 4.74 Å². The Kier molecular flexibility index (Phi) is 3.14. The minimum Gasteiger partial charge on any atom is -0.467 e. The molecule has 0 saturated heterocycles. The molecular formula is C10H14N2OS. The normalized spacial score (nSPS) is 18.0. The molecule has 1 saturated carbocycles. The predicted octanol–water partition coefficient (Wildman–Crippen LogP) is 2.37. The van der Waals surface area contributed by atoms with Gasteiger partial charge in [-0.1, -0.05) is 6.42 Å². The highest BCUT2D eigenvalue weighted by molar-refractivity contribution is 7.80. The number of rotatable bonds is 1. The molecule has 1 heterocycles. The van der Waals surface area contributed by atoms with Gasteiger partial charge in [-0.25, -0.2) is 4.98 Å². The number of hydrogen-bond acceptors (Lipinski definition) is 3. The molecule has 0 radical (unpaired) electrons. The van der Waals surface area contributed by atoms with Gasteiger partial charge in [0.1, 0.15) is 12.4 Å². The van der Waals surface area contributed by atoms with E-state index >= 15 is 0 Å². The van der Waals surface area contributed by atoms with Crippen molar-refractivity contribution in [2.24, 2.45) is 0 Å². The van der Waals surface area contributed by atoms with E-state index in [9.17, 15) is 0 Å². The van der Waals surface area contributed by atoms with E-state index in [4.69, 9.17) is 17.0 Å². The number of thiocarbonyl (C=S) groups is 1. The van der Waals surface area contributed by atoms with Crippen LogP contribution in [0.15, 0.2) is 18.7 Å². The molecule has 0 amide bonds. The van der Waals surface area contributed by atoms with Gasteiger partial charge in [-0.15, -0.1) is 0 Å². The summed E-state index contributed by atoms with van der Waals surface area (Å²) in [6.07, 6.45) is 11.6. The minimum absolute atomic E-state index is 0.318. The lowest BCUT2D eigenvalue weighted by Crippen LogP contribution is -2.23. The molecular weight excluding hydrogens is 196 g/mol. The second-order valence-corrected chi connectivity index (χ2v) is 3.96. The number of ether oxygens (including phenoxy) is 1. The van der Waals surface area contributed by atoms with E-state index < -0.39 is 0 Å². The third kappa shape index (κ3) is 2.32. The standard InChI is InChI=1S/C10H14N2OS/c14-10(12-7-6-11-8-12)13-9-4-2-1-3-5-9/h6-9H,1-5H2. The molecule has 3 nitrogen and oxygen atoms in total. The lowest BCUT2D eigenvalue weighted by atomic mass is 9.98. The summed E-state index contributed by atoms with van der Waals surface area (Å²) in [6, 6.07) is 0. The molecule has 0 bridgehead atoms. The monoisotopic (exact) mass is 210 g/mol. The molecule has 14 heavy (non-hydrogen) atoms. The molecule has 0 aliphatic heterocycles. The Morgan fingerprint density at radius 2 is 2.14 bits per heavy atom. The number of nitrogens with zero attached hydrogens (tertiary/aromatic N) is 2. The number of imidazole rings is 1. The maximum atomic E-state index is 5.69. The van der Waals surface area contributed by atoms with Crippen LogP contribution < -0.4 is 0 Å². The first-order chi connectivity index (χ1) is 6.86. The van der Waals surface area contributed by atoms with Crippen LogP contribution in [0.25, 0.3) is 0 Å².